The van der Waals surface area contributed by atoms with Gasteiger partial charge in [0.1, 0.15) is 6.04 Å². The van der Waals surface area contributed by atoms with Crippen molar-refractivity contribution in [2.75, 3.05) is 20.1 Å². The maximum atomic E-state index is 13.3. The SMILES string of the molecule is CNS(=O)(=O)c1cccc([C@H](C)N2C(=O)[C@@H]3C[C@H]2CN3C[C@H](N)C(=O)N2C3C[C@H]3C[C@H]2C#N)c1. The first kappa shape index (κ1) is 23.2. The lowest BCUT2D eigenvalue weighted by atomic mass is 10.1. The van der Waals surface area contributed by atoms with Crippen LogP contribution in [0.3, 0.4) is 0 Å². The zero-order valence-corrected chi connectivity index (χ0v) is 20.1. The summed E-state index contributed by atoms with van der Waals surface area (Å²) in [5, 5.41) is 9.38. The smallest absolute Gasteiger partial charge is 0.242 e. The summed E-state index contributed by atoms with van der Waals surface area (Å²) >= 11 is 0. The van der Waals surface area contributed by atoms with Crippen LogP contribution in [-0.2, 0) is 19.6 Å². The predicted octanol–water partition coefficient (Wildman–Crippen LogP) is -0.219. The van der Waals surface area contributed by atoms with Crippen molar-refractivity contribution in [3.05, 3.63) is 29.8 Å². The zero-order valence-electron chi connectivity index (χ0n) is 19.3. The number of benzene rings is 1. The minimum absolute atomic E-state index is 0.0224. The van der Waals surface area contributed by atoms with Crippen LogP contribution in [0.2, 0.25) is 0 Å². The van der Waals surface area contributed by atoms with Crippen LogP contribution in [0.1, 0.15) is 37.8 Å². The Morgan fingerprint density at radius 1 is 1.32 bits per heavy atom. The van der Waals surface area contributed by atoms with E-state index in [0.717, 1.165) is 18.4 Å². The zero-order chi connectivity index (χ0) is 24.4. The number of carbonyl (C=O) groups is 2. The molecule has 2 amide bonds. The molecule has 10 nitrogen and oxygen atoms in total. The number of fused-ring (bicyclic) bond motifs is 3. The van der Waals surface area contributed by atoms with E-state index in [4.69, 9.17) is 5.73 Å². The summed E-state index contributed by atoms with van der Waals surface area (Å²) in [6.45, 7) is 2.81. The second-order valence-corrected chi connectivity index (χ2v) is 11.7. The van der Waals surface area contributed by atoms with Crippen LogP contribution < -0.4 is 10.5 Å². The van der Waals surface area contributed by atoms with Crippen LogP contribution in [-0.4, -0.2) is 85.3 Å². The molecule has 3 aliphatic heterocycles. The molecule has 7 atom stereocenters. The van der Waals surface area contributed by atoms with Crippen LogP contribution >= 0.6 is 0 Å². The van der Waals surface area contributed by atoms with E-state index in [9.17, 15) is 23.3 Å². The number of carbonyl (C=O) groups excluding carboxylic acids is 2. The van der Waals surface area contributed by atoms with Gasteiger partial charge in [-0.05, 0) is 56.8 Å². The summed E-state index contributed by atoms with van der Waals surface area (Å²) in [5.74, 6) is 0.213. The second-order valence-electron chi connectivity index (χ2n) is 9.86. The van der Waals surface area contributed by atoms with Gasteiger partial charge in [-0.3, -0.25) is 14.5 Å². The summed E-state index contributed by atoms with van der Waals surface area (Å²) in [5.41, 5.74) is 7.03. The maximum Gasteiger partial charge on any atom is 0.242 e. The van der Waals surface area contributed by atoms with Crippen molar-refractivity contribution in [2.24, 2.45) is 11.7 Å². The number of hydrogen-bond donors (Lipinski definition) is 2. The molecule has 1 unspecified atom stereocenters. The molecule has 0 aromatic heterocycles. The van der Waals surface area contributed by atoms with E-state index >= 15 is 0 Å². The van der Waals surface area contributed by atoms with E-state index in [1.165, 1.54) is 13.1 Å². The number of nitrogens with one attached hydrogen (secondary N) is 1. The Bertz CT molecular complexity index is 1170. The summed E-state index contributed by atoms with van der Waals surface area (Å²) in [6, 6.07) is 7.23. The highest BCUT2D eigenvalue weighted by Crippen LogP contribution is 2.48. The molecule has 182 valence electrons. The molecule has 3 saturated heterocycles. The molecule has 3 N–H and O–H groups in total. The minimum Gasteiger partial charge on any atom is -0.330 e. The van der Waals surface area contributed by atoms with Gasteiger partial charge >= 0.3 is 0 Å². The Morgan fingerprint density at radius 2 is 2.09 bits per heavy atom. The van der Waals surface area contributed by atoms with Crippen molar-refractivity contribution in [1.82, 2.24) is 19.4 Å². The van der Waals surface area contributed by atoms with Gasteiger partial charge in [-0.1, -0.05) is 12.1 Å². The molecule has 3 heterocycles. The van der Waals surface area contributed by atoms with Crippen LogP contribution in [0.5, 0.6) is 0 Å². The fourth-order valence-electron chi connectivity index (χ4n) is 6.03. The summed E-state index contributed by atoms with van der Waals surface area (Å²) in [7, 11) is -2.21. The largest absolute Gasteiger partial charge is 0.330 e. The van der Waals surface area contributed by atoms with E-state index in [2.05, 4.69) is 10.8 Å². The topological polar surface area (TPSA) is 140 Å². The summed E-state index contributed by atoms with van der Waals surface area (Å²) in [6.07, 6.45) is 2.34. The molecule has 5 rings (SSSR count). The molecule has 2 bridgehead atoms. The molecule has 4 aliphatic rings. The van der Waals surface area contributed by atoms with Crippen LogP contribution in [0.25, 0.3) is 0 Å². The Balaban J connectivity index is 1.25. The quantitative estimate of drug-likeness (QED) is 0.543. The molecular weight excluding hydrogens is 456 g/mol. The highest BCUT2D eigenvalue weighted by Gasteiger charge is 2.56. The standard InChI is InChI=1S/C23H30N6O4S/c1-13(14-4-3-5-18(7-14)34(32,33)26-2)28-17-9-21(23(28)31)27(11-17)12-19(25)22(30)29-16(10-24)6-15-8-20(15)29/h3-5,7,13,15-17,19-21,26H,6,8-9,11-12,25H2,1-2H3/t13-,15+,16-,17-,19-,20?,21-/m0/s1. The van der Waals surface area contributed by atoms with Crippen molar-refractivity contribution >= 4 is 21.8 Å². The molecule has 1 aromatic rings. The Morgan fingerprint density at radius 3 is 2.76 bits per heavy atom. The number of amides is 2. The van der Waals surface area contributed by atoms with Gasteiger partial charge in [-0.25, -0.2) is 13.1 Å². The van der Waals surface area contributed by atoms with Gasteiger partial charge in [-0.2, -0.15) is 5.26 Å². The van der Waals surface area contributed by atoms with Crippen molar-refractivity contribution in [3.63, 3.8) is 0 Å². The molecule has 34 heavy (non-hydrogen) atoms. The van der Waals surface area contributed by atoms with Crippen LogP contribution in [0.15, 0.2) is 29.2 Å². The van der Waals surface area contributed by atoms with Gasteiger partial charge < -0.3 is 15.5 Å². The fraction of sp³-hybridized carbons (Fsp3) is 0.609. The lowest BCUT2D eigenvalue weighted by Gasteiger charge is -2.38. The van der Waals surface area contributed by atoms with Gasteiger partial charge in [0, 0.05) is 25.2 Å². The van der Waals surface area contributed by atoms with Crippen LogP contribution in [0, 0.1) is 17.2 Å². The maximum absolute atomic E-state index is 13.3. The molecule has 4 fully saturated rings. The summed E-state index contributed by atoms with van der Waals surface area (Å²) < 4.78 is 26.7. The predicted molar refractivity (Wildman–Crippen MR) is 122 cm³/mol. The van der Waals surface area contributed by atoms with E-state index in [-0.39, 0.29) is 47.4 Å². The average Bonchev–Trinajstić information content (AvgIpc) is 3.15. The second kappa shape index (κ2) is 8.30. The average molecular weight is 487 g/mol. The monoisotopic (exact) mass is 486 g/mol. The van der Waals surface area contributed by atoms with E-state index in [1.807, 2.05) is 22.8 Å². The molecule has 1 saturated carbocycles. The van der Waals surface area contributed by atoms with Crippen LogP contribution in [0.4, 0.5) is 0 Å². The Labute approximate surface area is 199 Å². The summed E-state index contributed by atoms with van der Waals surface area (Å²) in [4.78, 5) is 31.9. The Kier molecular flexibility index (Phi) is 5.67. The number of piperazine rings is 1. The van der Waals surface area contributed by atoms with Gasteiger partial charge in [0.2, 0.25) is 21.8 Å². The van der Waals surface area contributed by atoms with Gasteiger partial charge in [0.05, 0.1) is 29.1 Å². The van der Waals surface area contributed by atoms with E-state index in [1.54, 1.807) is 17.0 Å². The van der Waals surface area contributed by atoms with Gasteiger partial charge in [0.15, 0.2) is 0 Å². The van der Waals surface area contributed by atoms with Crippen molar-refractivity contribution in [2.45, 2.75) is 67.3 Å². The number of piperidine rings is 1. The number of nitrogens with zero attached hydrogens (tertiary/aromatic N) is 4. The van der Waals surface area contributed by atoms with Crippen molar-refractivity contribution in [1.29, 1.82) is 5.26 Å². The third-order valence-corrected chi connectivity index (χ3v) is 9.32. The number of nitrogens with two attached hydrogens (primary N) is 1. The first-order chi connectivity index (χ1) is 16.2. The van der Waals surface area contributed by atoms with Gasteiger partial charge in [-0.15, -0.1) is 0 Å². The highest BCUT2D eigenvalue weighted by atomic mass is 32.2. The number of hydrogen-bond acceptors (Lipinski definition) is 7. The molecule has 11 heteroatoms. The van der Waals surface area contributed by atoms with Crippen molar-refractivity contribution in [3.8, 4) is 6.07 Å². The van der Waals surface area contributed by atoms with Gasteiger partial charge in [0.25, 0.3) is 0 Å². The third-order valence-electron chi connectivity index (χ3n) is 7.91. The number of nitriles is 1. The number of sulfonamides is 1. The first-order valence-electron chi connectivity index (χ1n) is 11.7. The fourth-order valence-corrected chi connectivity index (χ4v) is 6.81. The lowest BCUT2D eigenvalue weighted by Crippen LogP contribution is -2.57. The minimum atomic E-state index is -3.58. The molecule has 1 aliphatic carbocycles. The van der Waals surface area contributed by atoms with Crippen molar-refractivity contribution < 1.29 is 18.0 Å². The number of rotatable bonds is 7. The molecular formula is C23H30N6O4S. The normalized spacial score (nSPS) is 31.9. The first-order valence-corrected chi connectivity index (χ1v) is 13.2. The molecule has 0 spiro atoms. The Hall–Kier alpha value is -2.52. The van der Waals surface area contributed by atoms with E-state index in [0.29, 0.717) is 18.9 Å². The lowest BCUT2D eigenvalue weighted by molar-refractivity contribution is -0.141. The third kappa shape index (κ3) is 3.69. The highest BCUT2D eigenvalue weighted by molar-refractivity contribution is 7.89. The molecule has 1 aromatic carbocycles. The number of likely N-dealkylation sites (tertiary alicyclic amines) is 3. The molecule has 0 radical (unpaired) electrons. The van der Waals surface area contributed by atoms with E-state index < -0.39 is 22.1 Å².